The first-order chi connectivity index (χ1) is 6.79. The van der Waals surface area contributed by atoms with E-state index in [4.69, 9.17) is 10.8 Å². The van der Waals surface area contributed by atoms with Crippen molar-refractivity contribution in [3.63, 3.8) is 0 Å². The van der Waals surface area contributed by atoms with Crippen LogP contribution in [0.25, 0.3) is 0 Å². The fraction of sp³-hybridized carbons (Fsp3) is 0.222. The van der Waals surface area contributed by atoms with Gasteiger partial charge in [0, 0.05) is 11.9 Å². The number of carbonyl (C=O) groups is 1. The van der Waals surface area contributed by atoms with Crippen LogP contribution in [0.2, 0.25) is 0 Å². The minimum Gasteiger partial charge on any atom is -0.478 e. The standard InChI is InChI=1S/C9H11NO4S/c1-15(13,14)5-7-4-6(9(11)12)2-3-8(7)10/h2-4H,5,10H2,1H3,(H,11,12). The van der Waals surface area contributed by atoms with E-state index in [1.807, 2.05) is 0 Å². The molecule has 0 fully saturated rings. The molecule has 1 rings (SSSR count). The zero-order valence-corrected chi connectivity index (χ0v) is 8.91. The number of aromatic carboxylic acids is 1. The molecular formula is C9H11NO4S. The van der Waals surface area contributed by atoms with Crippen molar-refractivity contribution in [2.75, 3.05) is 12.0 Å². The molecule has 0 spiro atoms. The zero-order valence-electron chi connectivity index (χ0n) is 8.10. The molecule has 0 bridgehead atoms. The maximum atomic E-state index is 11.0. The normalized spacial score (nSPS) is 11.3. The minimum atomic E-state index is -3.22. The molecule has 1 aromatic carbocycles. The lowest BCUT2D eigenvalue weighted by atomic mass is 10.1. The number of carboxylic acid groups (broad SMARTS) is 1. The van der Waals surface area contributed by atoms with Crippen LogP contribution in [0.4, 0.5) is 5.69 Å². The molecule has 1 aromatic rings. The summed E-state index contributed by atoms with van der Waals surface area (Å²) in [5, 5.41) is 8.71. The minimum absolute atomic E-state index is 0.0304. The van der Waals surface area contributed by atoms with Crippen LogP contribution in [0.15, 0.2) is 18.2 Å². The number of nitrogens with two attached hydrogens (primary N) is 1. The Kier molecular flexibility index (Phi) is 2.99. The first-order valence-electron chi connectivity index (χ1n) is 4.09. The molecule has 0 aliphatic rings. The molecule has 0 aliphatic carbocycles. The van der Waals surface area contributed by atoms with Crippen LogP contribution in [0.1, 0.15) is 15.9 Å². The van der Waals surface area contributed by atoms with E-state index in [1.54, 1.807) is 0 Å². The summed E-state index contributed by atoms with van der Waals surface area (Å²) in [6.07, 6.45) is 1.07. The van der Waals surface area contributed by atoms with Gasteiger partial charge in [-0.1, -0.05) is 0 Å². The van der Waals surface area contributed by atoms with Crippen LogP contribution >= 0.6 is 0 Å². The largest absolute Gasteiger partial charge is 0.478 e. The molecule has 0 aliphatic heterocycles. The van der Waals surface area contributed by atoms with Crippen molar-refractivity contribution in [1.82, 2.24) is 0 Å². The molecule has 0 amide bonds. The van der Waals surface area contributed by atoms with E-state index in [-0.39, 0.29) is 17.0 Å². The predicted octanol–water partition coefficient (Wildman–Crippen LogP) is 0.512. The summed E-state index contributed by atoms with van der Waals surface area (Å²) in [5.41, 5.74) is 6.17. The van der Waals surface area contributed by atoms with E-state index in [0.29, 0.717) is 5.56 Å². The molecule has 6 heteroatoms. The van der Waals surface area contributed by atoms with Crippen molar-refractivity contribution in [3.05, 3.63) is 29.3 Å². The van der Waals surface area contributed by atoms with Gasteiger partial charge in [-0.2, -0.15) is 0 Å². The molecule has 0 saturated carbocycles. The highest BCUT2D eigenvalue weighted by Gasteiger charge is 2.11. The van der Waals surface area contributed by atoms with Crippen LogP contribution in [0.3, 0.4) is 0 Å². The van der Waals surface area contributed by atoms with Crippen molar-refractivity contribution in [3.8, 4) is 0 Å². The van der Waals surface area contributed by atoms with E-state index in [9.17, 15) is 13.2 Å². The summed E-state index contributed by atoms with van der Waals surface area (Å²) >= 11 is 0. The average molecular weight is 229 g/mol. The van der Waals surface area contributed by atoms with Crippen LogP contribution in [0.5, 0.6) is 0 Å². The van der Waals surface area contributed by atoms with Crippen LogP contribution in [0, 0.1) is 0 Å². The number of hydrogen-bond acceptors (Lipinski definition) is 4. The second-order valence-corrected chi connectivity index (χ2v) is 5.43. The Morgan fingerprint density at radius 2 is 2.07 bits per heavy atom. The molecule has 0 radical (unpaired) electrons. The maximum Gasteiger partial charge on any atom is 0.335 e. The lowest BCUT2D eigenvalue weighted by Gasteiger charge is -2.05. The van der Waals surface area contributed by atoms with Crippen molar-refractivity contribution < 1.29 is 18.3 Å². The summed E-state index contributed by atoms with van der Waals surface area (Å²) in [6.45, 7) is 0. The van der Waals surface area contributed by atoms with Gasteiger partial charge < -0.3 is 10.8 Å². The first kappa shape index (κ1) is 11.5. The maximum absolute atomic E-state index is 11.0. The monoisotopic (exact) mass is 229 g/mol. The van der Waals surface area contributed by atoms with Crippen molar-refractivity contribution in [1.29, 1.82) is 0 Å². The summed E-state index contributed by atoms with van der Waals surface area (Å²) in [5.74, 6) is -1.36. The van der Waals surface area contributed by atoms with Gasteiger partial charge in [-0.05, 0) is 23.8 Å². The van der Waals surface area contributed by atoms with Gasteiger partial charge in [0.1, 0.15) is 0 Å². The van der Waals surface area contributed by atoms with E-state index >= 15 is 0 Å². The van der Waals surface area contributed by atoms with E-state index < -0.39 is 15.8 Å². The van der Waals surface area contributed by atoms with Gasteiger partial charge in [-0.25, -0.2) is 13.2 Å². The van der Waals surface area contributed by atoms with Crippen LogP contribution < -0.4 is 5.73 Å². The highest BCUT2D eigenvalue weighted by atomic mass is 32.2. The Hall–Kier alpha value is -1.56. The van der Waals surface area contributed by atoms with Gasteiger partial charge in [-0.15, -0.1) is 0 Å². The van der Waals surface area contributed by atoms with E-state index in [1.165, 1.54) is 18.2 Å². The second kappa shape index (κ2) is 3.90. The van der Waals surface area contributed by atoms with Gasteiger partial charge in [0.15, 0.2) is 9.84 Å². The van der Waals surface area contributed by atoms with Gasteiger partial charge in [0.05, 0.1) is 11.3 Å². The van der Waals surface area contributed by atoms with E-state index in [2.05, 4.69) is 0 Å². The quantitative estimate of drug-likeness (QED) is 0.736. The third kappa shape index (κ3) is 3.25. The second-order valence-electron chi connectivity index (χ2n) is 3.29. The van der Waals surface area contributed by atoms with Crippen LogP contribution in [-0.2, 0) is 15.6 Å². The fourth-order valence-electron chi connectivity index (χ4n) is 1.15. The van der Waals surface area contributed by atoms with Crippen molar-refractivity contribution in [2.45, 2.75) is 5.75 Å². The number of nitrogen functional groups attached to an aromatic ring is 1. The van der Waals surface area contributed by atoms with E-state index in [0.717, 1.165) is 6.26 Å². The molecule has 0 atom stereocenters. The molecule has 0 unspecified atom stereocenters. The summed E-state index contributed by atoms with van der Waals surface area (Å²) in [6, 6.07) is 4.01. The average Bonchev–Trinajstić information content (AvgIpc) is 2.06. The number of carboxylic acids is 1. The number of sulfone groups is 1. The molecule has 3 N–H and O–H groups in total. The van der Waals surface area contributed by atoms with Gasteiger partial charge in [0.25, 0.3) is 0 Å². The molecule has 0 saturated heterocycles. The Labute approximate surface area is 87.4 Å². The number of benzene rings is 1. The van der Waals surface area contributed by atoms with Crippen LogP contribution in [-0.4, -0.2) is 25.7 Å². The number of anilines is 1. The third-order valence-corrected chi connectivity index (χ3v) is 2.64. The molecule has 0 heterocycles. The Morgan fingerprint density at radius 1 is 1.47 bits per heavy atom. The SMILES string of the molecule is CS(=O)(=O)Cc1cc(C(=O)O)ccc1N. The van der Waals surface area contributed by atoms with Crippen molar-refractivity contribution >= 4 is 21.5 Å². The highest BCUT2D eigenvalue weighted by molar-refractivity contribution is 7.89. The summed E-state index contributed by atoms with van der Waals surface area (Å²) in [4.78, 5) is 10.6. The molecule has 82 valence electrons. The molecule has 0 aromatic heterocycles. The van der Waals surface area contributed by atoms with Gasteiger partial charge in [0.2, 0.25) is 0 Å². The lowest BCUT2D eigenvalue weighted by molar-refractivity contribution is 0.0697. The number of hydrogen-bond donors (Lipinski definition) is 2. The lowest BCUT2D eigenvalue weighted by Crippen LogP contribution is -2.06. The molecule has 5 nitrogen and oxygen atoms in total. The molecule has 15 heavy (non-hydrogen) atoms. The smallest absolute Gasteiger partial charge is 0.335 e. The molecular weight excluding hydrogens is 218 g/mol. The summed E-state index contributed by atoms with van der Waals surface area (Å²) < 4.78 is 22.1. The highest BCUT2D eigenvalue weighted by Crippen LogP contribution is 2.16. The Balaban J connectivity index is 3.17. The van der Waals surface area contributed by atoms with Gasteiger partial charge >= 0.3 is 5.97 Å². The zero-order chi connectivity index (χ0) is 11.6. The predicted molar refractivity (Wildman–Crippen MR) is 56.4 cm³/mol. The summed E-state index contributed by atoms with van der Waals surface area (Å²) in [7, 11) is -3.22. The van der Waals surface area contributed by atoms with Crippen molar-refractivity contribution in [2.24, 2.45) is 0 Å². The topological polar surface area (TPSA) is 97.5 Å². The first-order valence-corrected chi connectivity index (χ1v) is 6.15. The van der Waals surface area contributed by atoms with Gasteiger partial charge in [-0.3, -0.25) is 0 Å². The Bertz CT molecular complexity index is 493. The fourth-order valence-corrected chi connectivity index (χ4v) is 1.96. The third-order valence-electron chi connectivity index (χ3n) is 1.81. The Morgan fingerprint density at radius 3 is 2.53 bits per heavy atom. The number of rotatable bonds is 3.